The van der Waals surface area contributed by atoms with E-state index in [1.807, 2.05) is 35.2 Å². The second-order valence-electron chi connectivity index (χ2n) is 5.74. The first-order chi connectivity index (χ1) is 10.8. The number of amides is 1. The fourth-order valence-corrected chi connectivity index (χ4v) is 2.76. The number of aliphatic hydroxyl groups excluding tert-OH is 1. The van der Waals surface area contributed by atoms with Gasteiger partial charge in [0.25, 0.3) is 5.91 Å². The normalized spacial score (nSPS) is 15.3. The van der Waals surface area contributed by atoms with Gasteiger partial charge in [0.2, 0.25) is 0 Å². The molecule has 1 saturated carbocycles. The van der Waals surface area contributed by atoms with E-state index in [-0.39, 0.29) is 18.6 Å². The van der Waals surface area contributed by atoms with Gasteiger partial charge >= 0.3 is 0 Å². The van der Waals surface area contributed by atoms with Crippen LogP contribution in [0.15, 0.2) is 54.9 Å². The molecule has 0 radical (unpaired) electrons. The van der Waals surface area contributed by atoms with Crippen LogP contribution >= 0.6 is 0 Å². The minimum absolute atomic E-state index is 0.00826. The van der Waals surface area contributed by atoms with E-state index in [2.05, 4.69) is 4.98 Å². The molecule has 0 unspecified atom stereocenters. The molecule has 0 spiro atoms. The Morgan fingerprint density at radius 2 is 1.86 bits per heavy atom. The molecule has 1 atom stereocenters. The number of aromatic nitrogens is 1. The lowest BCUT2D eigenvalue weighted by molar-refractivity contribution is 0.0531. The minimum Gasteiger partial charge on any atom is -0.394 e. The SMILES string of the molecule is O=C(c1ccncc1)N(Cc1ccccc1)[C@H](CO)C1CC1. The van der Waals surface area contributed by atoms with E-state index in [4.69, 9.17) is 0 Å². The van der Waals surface area contributed by atoms with E-state index in [1.54, 1.807) is 24.5 Å². The molecule has 1 N–H and O–H groups in total. The number of benzene rings is 1. The van der Waals surface area contributed by atoms with Crippen LogP contribution < -0.4 is 0 Å². The van der Waals surface area contributed by atoms with Crippen LogP contribution in [0.5, 0.6) is 0 Å². The van der Waals surface area contributed by atoms with Gasteiger partial charge in [0.15, 0.2) is 0 Å². The highest BCUT2D eigenvalue weighted by molar-refractivity contribution is 5.94. The van der Waals surface area contributed by atoms with Crippen LogP contribution in [0, 0.1) is 5.92 Å². The third-order valence-corrected chi connectivity index (χ3v) is 4.14. The molecule has 0 aliphatic heterocycles. The zero-order chi connectivity index (χ0) is 15.4. The molecule has 1 aliphatic rings. The summed E-state index contributed by atoms with van der Waals surface area (Å²) in [6.07, 6.45) is 5.41. The standard InChI is InChI=1S/C18H20N2O2/c21-13-17(15-6-7-15)20(12-14-4-2-1-3-5-14)18(22)16-8-10-19-11-9-16/h1-5,8-11,15,17,21H,6-7,12-13H2/t17-/m1/s1. The number of carbonyl (C=O) groups excluding carboxylic acids is 1. The molecule has 1 aromatic heterocycles. The second kappa shape index (κ2) is 6.71. The Morgan fingerprint density at radius 1 is 1.18 bits per heavy atom. The van der Waals surface area contributed by atoms with Gasteiger partial charge in [0, 0.05) is 24.5 Å². The Morgan fingerprint density at radius 3 is 2.45 bits per heavy atom. The topological polar surface area (TPSA) is 53.4 Å². The molecule has 1 aliphatic carbocycles. The van der Waals surface area contributed by atoms with Crippen molar-refractivity contribution in [3.63, 3.8) is 0 Å². The summed E-state index contributed by atoms with van der Waals surface area (Å²) in [4.78, 5) is 18.6. The Kier molecular flexibility index (Phi) is 4.49. The highest BCUT2D eigenvalue weighted by Gasteiger charge is 2.37. The zero-order valence-corrected chi connectivity index (χ0v) is 12.4. The van der Waals surface area contributed by atoms with E-state index in [0.717, 1.165) is 18.4 Å². The van der Waals surface area contributed by atoms with E-state index >= 15 is 0 Å². The molecule has 4 heteroatoms. The largest absolute Gasteiger partial charge is 0.394 e. The molecule has 22 heavy (non-hydrogen) atoms. The predicted octanol–water partition coefficient (Wildman–Crippen LogP) is 2.49. The molecule has 1 fully saturated rings. The summed E-state index contributed by atoms with van der Waals surface area (Å²) in [6.45, 7) is 0.526. The summed E-state index contributed by atoms with van der Waals surface area (Å²) < 4.78 is 0. The number of hydrogen-bond donors (Lipinski definition) is 1. The first-order valence-electron chi connectivity index (χ1n) is 7.65. The number of nitrogens with zero attached hydrogens (tertiary/aromatic N) is 2. The molecule has 4 nitrogen and oxygen atoms in total. The van der Waals surface area contributed by atoms with Gasteiger partial charge in [-0.3, -0.25) is 9.78 Å². The van der Waals surface area contributed by atoms with Crippen LogP contribution in [0.2, 0.25) is 0 Å². The van der Waals surface area contributed by atoms with Gasteiger partial charge in [-0.15, -0.1) is 0 Å². The number of rotatable bonds is 6. The number of aliphatic hydroxyl groups is 1. The van der Waals surface area contributed by atoms with Gasteiger partial charge in [0.1, 0.15) is 0 Å². The van der Waals surface area contributed by atoms with Gasteiger partial charge in [0.05, 0.1) is 12.6 Å². The summed E-state index contributed by atoms with van der Waals surface area (Å²) in [5.74, 6) is 0.372. The smallest absolute Gasteiger partial charge is 0.254 e. The van der Waals surface area contributed by atoms with Crippen molar-refractivity contribution in [2.75, 3.05) is 6.61 Å². The molecule has 114 valence electrons. The highest BCUT2D eigenvalue weighted by atomic mass is 16.3. The van der Waals surface area contributed by atoms with Crippen LogP contribution in [0.25, 0.3) is 0 Å². The van der Waals surface area contributed by atoms with Crippen molar-refractivity contribution in [3.05, 3.63) is 66.0 Å². The lowest BCUT2D eigenvalue weighted by atomic mass is 10.1. The van der Waals surface area contributed by atoms with E-state index in [9.17, 15) is 9.90 Å². The average Bonchev–Trinajstić information content (AvgIpc) is 3.41. The monoisotopic (exact) mass is 296 g/mol. The van der Waals surface area contributed by atoms with Crippen LogP contribution in [-0.4, -0.2) is 33.5 Å². The maximum absolute atomic E-state index is 12.9. The van der Waals surface area contributed by atoms with Crippen molar-refractivity contribution in [1.82, 2.24) is 9.88 Å². The fraction of sp³-hybridized carbons (Fsp3) is 0.333. The first kappa shape index (κ1) is 14.7. The Labute approximate surface area is 130 Å². The summed E-state index contributed by atoms with van der Waals surface area (Å²) >= 11 is 0. The predicted molar refractivity (Wildman–Crippen MR) is 84.2 cm³/mol. The summed E-state index contributed by atoms with van der Waals surface area (Å²) in [5.41, 5.74) is 1.69. The Bertz CT molecular complexity index is 611. The maximum atomic E-state index is 12.9. The average molecular weight is 296 g/mol. The molecule has 1 heterocycles. The molecule has 2 aromatic rings. The van der Waals surface area contributed by atoms with Crippen molar-refractivity contribution >= 4 is 5.91 Å². The van der Waals surface area contributed by atoms with Crippen molar-refractivity contribution < 1.29 is 9.90 Å². The van der Waals surface area contributed by atoms with Crippen molar-refractivity contribution in [3.8, 4) is 0 Å². The minimum atomic E-state index is -0.110. The van der Waals surface area contributed by atoms with E-state index < -0.39 is 0 Å². The molecule has 0 bridgehead atoms. The zero-order valence-electron chi connectivity index (χ0n) is 12.4. The summed E-state index contributed by atoms with van der Waals surface area (Å²) in [7, 11) is 0. The molecular formula is C18H20N2O2. The van der Waals surface area contributed by atoms with Gasteiger partial charge in [-0.2, -0.15) is 0 Å². The van der Waals surface area contributed by atoms with Crippen molar-refractivity contribution in [1.29, 1.82) is 0 Å². The molecule has 1 amide bonds. The molecule has 1 aromatic carbocycles. The third-order valence-electron chi connectivity index (χ3n) is 4.14. The van der Waals surface area contributed by atoms with Gasteiger partial charge in [-0.25, -0.2) is 0 Å². The number of carbonyl (C=O) groups is 1. The van der Waals surface area contributed by atoms with E-state index in [1.165, 1.54) is 0 Å². The molecular weight excluding hydrogens is 276 g/mol. The van der Waals surface area contributed by atoms with Gasteiger partial charge in [-0.1, -0.05) is 30.3 Å². The first-order valence-corrected chi connectivity index (χ1v) is 7.65. The number of hydrogen-bond acceptors (Lipinski definition) is 3. The second-order valence-corrected chi connectivity index (χ2v) is 5.74. The lowest BCUT2D eigenvalue weighted by Crippen LogP contribution is -2.43. The third kappa shape index (κ3) is 3.34. The van der Waals surface area contributed by atoms with E-state index in [0.29, 0.717) is 18.0 Å². The van der Waals surface area contributed by atoms with Crippen molar-refractivity contribution in [2.45, 2.75) is 25.4 Å². The molecule has 0 saturated heterocycles. The maximum Gasteiger partial charge on any atom is 0.254 e. The molecule has 3 rings (SSSR count). The Balaban J connectivity index is 1.86. The highest BCUT2D eigenvalue weighted by Crippen LogP contribution is 2.36. The summed E-state index contributed by atoms with van der Waals surface area (Å²) in [6, 6.07) is 13.3. The van der Waals surface area contributed by atoms with Crippen LogP contribution in [0.3, 0.4) is 0 Å². The number of pyridine rings is 1. The summed E-state index contributed by atoms with van der Waals surface area (Å²) in [5, 5.41) is 9.77. The fourth-order valence-electron chi connectivity index (χ4n) is 2.76. The van der Waals surface area contributed by atoms with Crippen LogP contribution in [-0.2, 0) is 6.54 Å². The van der Waals surface area contributed by atoms with Crippen molar-refractivity contribution in [2.24, 2.45) is 5.92 Å². The van der Waals surface area contributed by atoms with Crippen LogP contribution in [0.1, 0.15) is 28.8 Å². The van der Waals surface area contributed by atoms with Crippen LogP contribution in [0.4, 0.5) is 0 Å². The van der Waals surface area contributed by atoms with Gasteiger partial charge < -0.3 is 10.0 Å². The quantitative estimate of drug-likeness (QED) is 0.891. The lowest BCUT2D eigenvalue weighted by Gasteiger charge is -2.31. The van der Waals surface area contributed by atoms with Gasteiger partial charge in [-0.05, 0) is 36.5 Å². The Hall–Kier alpha value is -2.20.